The molecule has 0 aliphatic carbocycles. The Morgan fingerprint density at radius 2 is 1.84 bits per heavy atom. The molecule has 1 N–H and O–H groups in total. The number of ether oxygens (including phenoxy) is 8. The maximum atomic E-state index is 13.8. The largest absolute Gasteiger partial charge is 0.493 e. The summed E-state index contributed by atoms with van der Waals surface area (Å²) in [4.78, 5) is 43.8. The number of thioether (sulfide) groups is 1. The van der Waals surface area contributed by atoms with E-state index in [1.807, 2.05) is 14.0 Å². The number of carbonyl (C=O) groups excluding carboxylic acids is 3. The summed E-state index contributed by atoms with van der Waals surface area (Å²) in [5, 5.41) is 13.0. The summed E-state index contributed by atoms with van der Waals surface area (Å²) < 4.78 is 45.0. The smallest absolute Gasteiger partial charge is 0.408 e. The van der Waals surface area contributed by atoms with Crippen molar-refractivity contribution in [3.63, 3.8) is 0 Å². The van der Waals surface area contributed by atoms with Crippen LogP contribution in [0, 0.1) is 25.2 Å². The molecule has 19 heteroatoms. The number of halogens is 3. The van der Waals surface area contributed by atoms with Gasteiger partial charge in [-0.15, -0.1) is 11.8 Å². The maximum absolute atomic E-state index is 13.8. The molecule has 2 aromatic carbocycles. The van der Waals surface area contributed by atoms with Crippen LogP contribution in [0.3, 0.4) is 0 Å². The molecule has 5 aliphatic heterocycles. The molecule has 0 radical (unpaired) electrons. The number of methoxy groups -OCH3 is 2. The van der Waals surface area contributed by atoms with Crippen LogP contribution in [0.25, 0.3) is 0 Å². The fourth-order valence-corrected chi connectivity index (χ4v) is 10.3. The van der Waals surface area contributed by atoms with Crippen LogP contribution >= 0.6 is 46.6 Å². The molecule has 2 fully saturated rings. The third-order valence-corrected chi connectivity index (χ3v) is 12.3. The lowest BCUT2D eigenvalue weighted by molar-refractivity contribution is -0.151. The van der Waals surface area contributed by atoms with Gasteiger partial charge in [0.05, 0.1) is 30.5 Å². The number of likely N-dealkylation sites (N-methyl/N-ethyl adjacent to an activating group) is 1. The standard InChI is InChI=1S/C36H39Cl3N4O11S/c1-15-7-18-8-20-21(9-40)43-22-10-49-34(45)19(41-35(46)50-12-36(37,38)39)11-55-33(25-24(22)32-30(52-14-53-32)16(2)29(25)54-17(3)44)27(43)26(42(20)4)23(18)31(28(15)48-6)51-13-47-5/h7,19-22,26-27,33H,8,10-14H2,1-6H3,(H,41,46)/t19?,20-,21?,22-,26-,27?,33-/m1/s1. The molecule has 0 aromatic heterocycles. The summed E-state index contributed by atoms with van der Waals surface area (Å²) in [6.45, 7) is 4.06. The number of cyclic esters (lactones) is 1. The Morgan fingerprint density at radius 3 is 2.51 bits per heavy atom. The summed E-state index contributed by atoms with van der Waals surface area (Å²) in [5.41, 5.74) is 4.45. The number of carbonyl (C=O) groups is 3. The van der Waals surface area contributed by atoms with Gasteiger partial charge in [0.15, 0.2) is 29.8 Å². The van der Waals surface area contributed by atoms with E-state index in [1.54, 1.807) is 14.0 Å². The van der Waals surface area contributed by atoms with Crippen LogP contribution in [0.15, 0.2) is 6.07 Å². The molecule has 0 spiro atoms. The van der Waals surface area contributed by atoms with Crippen molar-refractivity contribution in [3.8, 4) is 34.8 Å². The van der Waals surface area contributed by atoms with Crippen LogP contribution < -0.4 is 29.0 Å². The molecule has 1 amide bonds. The van der Waals surface area contributed by atoms with Crippen molar-refractivity contribution in [2.75, 3.05) is 53.8 Å². The molecule has 55 heavy (non-hydrogen) atoms. The molecule has 0 saturated carbocycles. The van der Waals surface area contributed by atoms with Gasteiger partial charge in [-0.05, 0) is 38.4 Å². The first-order valence-corrected chi connectivity index (χ1v) is 19.5. The zero-order valence-electron chi connectivity index (χ0n) is 30.7. The minimum absolute atomic E-state index is 0.0397. The summed E-state index contributed by atoms with van der Waals surface area (Å²) in [5.74, 6) is 0.798. The summed E-state index contributed by atoms with van der Waals surface area (Å²) >= 11 is 18.7. The molecule has 7 atom stereocenters. The van der Waals surface area contributed by atoms with Gasteiger partial charge in [-0.1, -0.05) is 40.9 Å². The lowest BCUT2D eigenvalue weighted by Gasteiger charge is -2.61. The van der Waals surface area contributed by atoms with Crippen molar-refractivity contribution < 1.29 is 52.3 Å². The molecule has 296 valence electrons. The van der Waals surface area contributed by atoms with E-state index < -0.39 is 63.9 Å². The van der Waals surface area contributed by atoms with Crippen molar-refractivity contribution in [1.29, 1.82) is 5.26 Å². The Morgan fingerprint density at radius 1 is 1.09 bits per heavy atom. The molecular formula is C36H39Cl3N4O11S. The van der Waals surface area contributed by atoms with Crippen LogP contribution in [0.4, 0.5) is 4.79 Å². The van der Waals surface area contributed by atoms with Crippen LogP contribution in [0.5, 0.6) is 28.7 Å². The first kappa shape index (κ1) is 39.7. The number of nitrogens with one attached hydrogen (secondary N) is 1. The van der Waals surface area contributed by atoms with Crippen molar-refractivity contribution in [2.24, 2.45) is 0 Å². The summed E-state index contributed by atoms with van der Waals surface area (Å²) in [6, 6.07) is 0.615. The van der Waals surface area contributed by atoms with E-state index in [-0.39, 0.29) is 37.7 Å². The first-order chi connectivity index (χ1) is 26.2. The van der Waals surface area contributed by atoms with Gasteiger partial charge in [0.25, 0.3) is 0 Å². The number of aryl methyl sites for hydroxylation is 1. The Bertz CT molecular complexity index is 1960. The third-order valence-electron chi connectivity index (χ3n) is 10.6. The molecule has 15 nitrogen and oxygen atoms in total. The molecule has 4 bridgehead atoms. The fraction of sp³-hybridized carbons (Fsp3) is 0.556. The average Bonchev–Trinajstić information content (AvgIpc) is 3.62. The average molecular weight is 842 g/mol. The van der Waals surface area contributed by atoms with Crippen molar-refractivity contribution >= 4 is 64.6 Å². The number of fused-ring (bicyclic) bond motifs is 9. The number of nitrogens with zero attached hydrogens (tertiary/aromatic N) is 3. The second-order valence-electron chi connectivity index (χ2n) is 13.8. The van der Waals surface area contributed by atoms with Gasteiger partial charge in [-0.3, -0.25) is 14.6 Å². The number of esters is 2. The van der Waals surface area contributed by atoms with E-state index in [4.69, 9.17) is 72.7 Å². The Kier molecular flexibility index (Phi) is 11.1. The second-order valence-corrected chi connectivity index (χ2v) is 17.5. The lowest BCUT2D eigenvalue weighted by atomic mass is 9.71. The highest BCUT2D eigenvalue weighted by molar-refractivity contribution is 7.99. The van der Waals surface area contributed by atoms with E-state index >= 15 is 0 Å². The number of hydrogen-bond donors (Lipinski definition) is 1. The van der Waals surface area contributed by atoms with Crippen molar-refractivity contribution in [3.05, 3.63) is 39.4 Å². The number of nitriles is 1. The van der Waals surface area contributed by atoms with Gasteiger partial charge in [0.1, 0.15) is 31.0 Å². The predicted molar refractivity (Wildman–Crippen MR) is 199 cm³/mol. The number of benzene rings is 2. The van der Waals surface area contributed by atoms with Crippen LogP contribution in [-0.4, -0.2) is 110 Å². The van der Waals surface area contributed by atoms with E-state index in [0.29, 0.717) is 46.1 Å². The minimum atomic E-state index is -1.88. The predicted octanol–water partition coefficient (Wildman–Crippen LogP) is 4.97. The highest BCUT2D eigenvalue weighted by Gasteiger charge is 2.61. The molecule has 2 saturated heterocycles. The number of amides is 1. The summed E-state index contributed by atoms with van der Waals surface area (Å²) in [6.07, 6.45) is -0.492. The van der Waals surface area contributed by atoms with Crippen LogP contribution in [0.1, 0.15) is 57.6 Å². The molecule has 5 aliphatic rings. The molecular weight excluding hydrogens is 803 g/mol. The first-order valence-electron chi connectivity index (χ1n) is 17.3. The van der Waals surface area contributed by atoms with E-state index in [2.05, 4.69) is 27.3 Å². The normalized spacial score (nSPS) is 26.8. The zero-order valence-corrected chi connectivity index (χ0v) is 33.8. The molecule has 5 heterocycles. The number of rotatable bonds is 7. The van der Waals surface area contributed by atoms with E-state index in [1.165, 1.54) is 25.8 Å². The second kappa shape index (κ2) is 15.4. The zero-order chi connectivity index (χ0) is 39.5. The number of piperazine rings is 1. The quantitative estimate of drug-likeness (QED) is 0.172. The van der Waals surface area contributed by atoms with E-state index in [0.717, 1.165) is 16.7 Å². The third kappa shape index (κ3) is 6.96. The molecule has 2 aromatic rings. The molecule has 7 rings (SSSR count). The Labute approximate surface area is 336 Å². The van der Waals surface area contributed by atoms with Gasteiger partial charge >= 0.3 is 18.0 Å². The minimum Gasteiger partial charge on any atom is -0.493 e. The summed E-state index contributed by atoms with van der Waals surface area (Å²) in [7, 11) is 5.09. The van der Waals surface area contributed by atoms with Crippen LogP contribution in [-0.2, 0) is 30.2 Å². The van der Waals surface area contributed by atoms with E-state index in [9.17, 15) is 19.6 Å². The topological polar surface area (TPSA) is 167 Å². The van der Waals surface area contributed by atoms with Crippen molar-refractivity contribution in [2.45, 2.75) is 72.5 Å². The maximum Gasteiger partial charge on any atom is 0.408 e. The van der Waals surface area contributed by atoms with Crippen molar-refractivity contribution in [1.82, 2.24) is 15.1 Å². The lowest BCUT2D eigenvalue weighted by Crippen LogP contribution is -2.69. The van der Waals surface area contributed by atoms with Crippen LogP contribution in [0.2, 0.25) is 0 Å². The van der Waals surface area contributed by atoms with Gasteiger partial charge in [0, 0.05) is 54.1 Å². The SMILES string of the molecule is COCOc1c(OC)c(C)cc2c1[C@@H]1C3[C@@H]4SCC(NC(=O)OCC(Cl)(Cl)Cl)C(=O)OC[C@H](c5c6c(c(C)c(OC(C)=O)c54)OCO6)N3C(C#N)[C@@H](C2)N1C. The Hall–Kier alpha value is -3.56. The number of alkyl halides is 3. The monoisotopic (exact) mass is 840 g/mol. The highest BCUT2D eigenvalue weighted by atomic mass is 35.6. The number of alkyl carbamates (subject to hydrolysis) is 1. The van der Waals surface area contributed by atoms with Gasteiger partial charge < -0.3 is 43.2 Å². The van der Waals surface area contributed by atoms with Gasteiger partial charge in [-0.25, -0.2) is 9.59 Å². The fourth-order valence-electron chi connectivity index (χ4n) is 8.64. The molecule has 3 unspecified atom stereocenters. The van der Waals surface area contributed by atoms with Gasteiger partial charge in [-0.2, -0.15) is 5.26 Å². The number of hydrogen-bond acceptors (Lipinski definition) is 15. The Balaban J connectivity index is 1.46. The van der Waals surface area contributed by atoms with Gasteiger partial charge in [0.2, 0.25) is 10.6 Å². The highest BCUT2D eigenvalue weighted by Crippen LogP contribution is 2.64.